The van der Waals surface area contributed by atoms with Gasteiger partial charge in [0.1, 0.15) is 0 Å². The molecule has 0 atom stereocenters. The molecule has 2 aromatic rings. The molecule has 0 spiro atoms. The number of halogens is 2. The first-order chi connectivity index (χ1) is 15.4. The zero-order valence-electron chi connectivity index (χ0n) is 17.9. The Bertz CT molecular complexity index is 967. The second kappa shape index (κ2) is 10.2. The van der Waals surface area contributed by atoms with Crippen LogP contribution in [0.2, 0.25) is 10.0 Å². The molecule has 0 bridgehead atoms. The van der Waals surface area contributed by atoms with Crippen LogP contribution in [0, 0.1) is 11.8 Å². The molecule has 0 unspecified atom stereocenters. The Morgan fingerprint density at radius 3 is 2.44 bits per heavy atom. The lowest BCUT2D eigenvalue weighted by molar-refractivity contribution is -0.150. The normalized spacial score (nSPS) is 18.7. The minimum Gasteiger partial charge on any atom is -0.469 e. The van der Waals surface area contributed by atoms with Crippen LogP contribution in [0.3, 0.4) is 0 Å². The van der Waals surface area contributed by atoms with Gasteiger partial charge in [0, 0.05) is 29.6 Å². The number of amides is 1. The molecule has 0 N–H and O–H groups in total. The van der Waals surface area contributed by atoms with Gasteiger partial charge < -0.3 is 14.2 Å². The van der Waals surface area contributed by atoms with E-state index in [1.54, 1.807) is 18.2 Å². The van der Waals surface area contributed by atoms with Crippen LogP contribution in [-0.4, -0.2) is 65.1 Å². The van der Waals surface area contributed by atoms with Crippen molar-refractivity contribution in [3.05, 3.63) is 34.1 Å². The highest BCUT2D eigenvalue weighted by atomic mass is 35.5. The minimum atomic E-state index is -0.173. The second-order valence-electron chi connectivity index (χ2n) is 8.31. The molecule has 1 aromatic carbocycles. The summed E-state index contributed by atoms with van der Waals surface area (Å²) in [5.41, 5.74) is 0.673. The van der Waals surface area contributed by atoms with E-state index in [1.807, 2.05) is 4.90 Å². The highest BCUT2D eigenvalue weighted by Gasteiger charge is 2.33. The highest BCUT2D eigenvalue weighted by molar-refractivity contribution is 6.36. The van der Waals surface area contributed by atoms with Gasteiger partial charge in [-0.25, -0.2) is 0 Å². The van der Waals surface area contributed by atoms with Gasteiger partial charge in [-0.2, -0.15) is 4.98 Å². The highest BCUT2D eigenvalue weighted by Crippen LogP contribution is 2.29. The summed E-state index contributed by atoms with van der Waals surface area (Å²) in [5.74, 6) is 0.904. The van der Waals surface area contributed by atoms with Crippen LogP contribution >= 0.6 is 23.2 Å². The van der Waals surface area contributed by atoms with Gasteiger partial charge in [-0.3, -0.25) is 14.5 Å². The number of likely N-dealkylation sites (tertiary alicyclic amines) is 2. The lowest BCUT2D eigenvalue weighted by Crippen LogP contribution is -2.46. The van der Waals surface area contributed by atoms with E-state index in [0.29, 0.717) is 59.8 Å². The maximum Gasteiger partial charge on any atom is 0.308 e. The van der Waals surface area contributed by atoms with Crippen LogP contribution in [0.15, 0.2) is 22.7 Å². The third-order valence-corrected chi connectivity index (χ3v) is 6.82. The third kappa shape index (κ3) is 5.24. The summed E-state index contributed by atoms with van der Waals surface area (Å²) in [6, 6.07) is 5.15. The third-order valence-electron chi connectivity index (χ3n) is 6.28. The molecule has 2 aliphatic rings. The predicted octanol–water partition coefficient (Wildman–Crippen LogP) is 3.67. The van der Waals surface area contributed by atoms with Crippen molar-refractivity contribution in [3.8, 4) is 11.4 Å². The first-order valence-electron chi connectivity index (χ1n) is 10.8. The molecule has 1 aromatic heterocycles. The SMILES string of the molecule is COC(=O)C1CCN(C(=O)C2CCN(Cc3nc(-c4ccc(Cl)cc4Cl)no3)CC2)CC1. The quantitative estimate of drug-likeness (QED) is 0.603. The minimum absolute atomic E-state index is 0.0204. The molecular formula is C22H26Cl2N4O4. The number of carbonyl (C=O) groups is 2. The topological polar surface area (TPSA) is 88.8 Å². The Morgan fingerprint density at radius 1 is 1.09 bits per heavy atom. The van der Waals surface area contributed by atoms with Crippen LogP contribution in [0.5, 0.6) is 0 Å². The van der Waals surface area contributed by atoms with E-state index in [9.17, 15) is 9.59 Å². The Hall–Kier alpha value is -2.16. The number of carbonyl (C=O) groups excluding carboxylic acids is 2. The fourth-order valence-corrected chi connectivity index (χ4v) is 4.88. The molecule has 1 amide bonds. The standard InChI is InChI=1S/C22H26Cl2N4O4/c1-31-22(30)15-6-10-28(11-7-15)21(29)14-4-8-27(9-5-14)13-19-25-20(26-32-19)17-3-2-16(23)12-18(17)24/h2-3,12,14-15H,4-11,13H2,1H3. The van der Waals surface area contributed by atoms with Crippen molar-refractivity contribution in [2.45, 2.75) is 32.2 Å². The molecule has 10 heteroatoms. The Labute approximate surface area is 196 Å². The molecule has 2 saturated heterocycles. The van der Waals surface area contributed by atoms with E-state index in [4.69, 9.17) is 32.5 Å². The van der Waals surface area contributed by atoms with Gasteiger partial charge in [-0.1, -0.05) is 28.4 Å². The molecular weight excluding hydrogens is 455 g/mol. The monoisotopic (exact) mass is 480 g/mol. The van der Waals surface area contributed by atoms with Gasteiger partial charge in [0.15, 0.2) is 0 Å². The van der Waals surface area contributed by atoms with Gasteiger partial charge >= 0.3 is 5.97 Å². The summed E-state index contributed by atoms with van der Waals surface area (Å²) in [5, 5.41) is 5.06. The van der Waals surface area contributed by atoms with E-state index in [2.05, 4.69) is 15.0 Å². The van der Waals surface area contributed by atoms with Crippen molar-refractivity contribution in [1.82, 2.24) is 19.9 Å². The number of benzene rings is 1. The molecule has 172 valence electrons. The number of aromatic nitrogens is 2. The molecule has 2 aliphatic heterocycles. The van der Waals surface area contributed by atoms with Gasteiger partial charge in [0.05, 0.1) is 24.6 Å². The molecule has 3 heterocycles. The van der Waals surface area contributed by atoms with E-state index in [1.165, 1.54) is 7.11 Å². The van der Waals surface area contributed by atoms with E-state index < -0.39 is 0 Å². The summed E-state index contributed by atoms with van der Waals surface area (Å²) in [7, 11) is 1.41. The first kappa shape index (κ1) is 23.0. The molecule has 4 rings (SSSR count). The number of methoxy groups -OCH3 is 1. The molecule has 2 fully saturated rings. The zero-order chi connectivity index (χ0) is 22.7. The zero-order valence-corrected chi connectivity index (χ0v) is 19.4. The smallest absolute Gasteiger partial charge is 0.308 e. The largest absolute Gasteiger partial charge is 0.469 e. The van der Waals surface area contributed by atoms with Crippen LogP contribution in [0.1, 0.15) is 31.6 Å². The van der Waals surface area contributed by atoms with Gasteiger partial charge in [0.2, 0.25) is 17.6 Å². The Morgan fingerprint density at radius 2 is 1.78 bits per heavy atom. The predicted molar refractivity (Wildman–Crippen MR) is 119 cm³/mol. The number of hydrogen-bond acceptors (Lipinski definition) is 7. The average Bonchev–Trinajstić information content (AvgIpc) is 3.26. The summed E-state index contributed by atoms with van der Waals surface area (Å²) in [6.45, 7) is 3.35. The maximum absolute atomic E-state index is 12.9. The number of rotatable bonds is 5. The van der Waals surface area contributed by atoms with Crippen LogP contribution < -0.4 is 0 Å². The van der Waals surface area contributed by atoms with Crippen LogP contribution in [0.4, 0.5) is 0 Å². The van der Waals surface area contributed by atoms with Crippen molar-refractivity contribution in [2.75, 3.05) is 33.3 Å². The average molecular weight is 481 g/mol. The van der Waals surface area contributed by atoms with E-state index in [-0.39, 0.29) is 23.7 Å². The van der Waals surface area contributed by atoms with Crippen molar-refractivity contribution in [2.24, 2.45) is 11.8 Å². The summed E-state index contributed by atoms with van der Waals surface area (Å²) >= 11 is 12.2. The maximum atomic E-state index is 12.9. The first-order valence-corrected chi connectivity index (χ1v) is 11.6. The van der Waals surface area contributed by atoms with Gasteiger partial charge in [0.25, 0.3) is 0 Å². The number of piperidine rings is 2. The number of esters is 1. The number of nitrogens with zero attached hydrogens (tertiary/aromatic N) is 4. The van der Waals surface area contributed by atoms with Gasteiger partial charge in [-0.15, -0.1) is 0 Å². The Balaban J connectivity index is 1.26. The number of hydrogen-bond donors (Lipinski definition) is 0. The van der Waals surface area contributed by atoms with Crippen LogP contribution in [-0.2, 0) is 20.9 Å². The van der Waals surface area contributed by atoms with Crippen molar-refractivity contribution in [3.63, 3.8) is 0 Å². The lowest BCUT2D eigenvalue weighted by Gasteiger charge is -2.36. The van der Waals surface area contributed by atoms with E-state index >= 15 is 0 Å². The molecule has 0 saturated carbocycles. The van der Waals surface area contributed by atoms with E-state index in [0.717, 1.165) is 25.9 Å². The fraction of sp³-hybridized carbons (Fsp3) is 0.545. The van der Waals surface area contributed by atoms with Gasteiger partial charge in [-0.05, 0) is 57.0 Å². The molecule has 8 nitrogen and oxygen atoms in total. The molecule has 32 heavy (non-hydrogen) atoms. The van der Waals surface area contributed by atoms with Crippen molar-refractivity contribution in [1.29, 1.82) is 0 Å². The van der Waals surface area contributed by atoms with Crippen molar-refractivity contribution < 1.29 is 18.8 Å². The molecule has 0 aliphatic carbocycles. The van der Waals surface area contributed by atoms with Crippen molar-refractivity contribution >= 4 is 35.1 Å². The summed E-state index contributed by atoms with van der Waals surface area (Å²) in [6.07, 6.45) is 2.93. The summed E-state index contributed by atoms with van der Waals surface area (Å²) < 4.78 is 10.2. The number of ether oxygens (including phenoxy) is 1. The lowest BCUT2D eigenvalue weighted by atomic mass is 9.92. The summed E-state index contributed by atoms with van der Waals surface area (Å²) in [4.78, 5) is 33.2. The Kier molecular flexibility index (Phi) is 7.33. The second-order valence-corrected chi connectivity index (χ2v) is 9.15. The fourth-order valence-electron chi connectivity index (χ4n) is 4.39. The van der Waals surface area contributed by atoms with Crippen LogP contribution in [0.25, 0.3) is 11.4 Å². The molecule has 0 radical (unpaired) electrons.